The van der Waals surface area contributed by atoms with Gasteiger partial charge in [-0.25, -0.2) is 18.2 Å². The topological polar surface area (TPSA) is 89.5 Å². The molecule has 3 aromatic rings. The second-order valence-corrected chi connectivity index (χ2v) is 10.7. The van der Waals surface area contributed by atoms with E-state index in [2.05, 4.69) is 9.97 Å². The summed E-state index contributed by atoms with van der Waals surface area (Å²) in [5, 5.41) is 1.31. The lowest BCUT2D eigenvalue weighted by Gasteiger charge is -2.23. The van der Waals surface area contributed by atoms with Gasteiger partial charge in [-0.15, -0.1) is 11.3 Å². The largest absolute Gasteiger partial charge is 0.455 e. The normalized spacial score (nSPS) is 12.1. The molecule has 0 unspecified atom stereocenters. The molecule has 0 atom stereocenters. The Hall–Kier alpha value is -3.04. The standard InChI is InChI=1S/C23H25N3O4S2/c1-17-7-9-19(10-8-17)15-26(32(28,29)13-11-18-6-5-12-24-14-18)21-20(25-16-31-21)22(27)30-23(2,3)4/h5-14,16H,15H2,1-4H3/b13-11+. The van der Waals surface area contributed by atoms with Crippen LogP contribution in [0.2, 0.25) is 0 Å². The van der Waals surface area contributed by atoms with Crippen LogP contribution in [0.3, 0.4) is 0 Å². The molecule has 3 rings (SSSR count). The van der Waals surface area contributed by atoms with Gasteiger partial charge in [0.2, 0.25) is 0 Å². The first-order valence-electron chi connectivity index (χ1n) is 9.88. The number of thiazole rings is 1. The Morgan fingerprint density at radius 1 is 1.19 bits per heavy atom. The van der Waals surface area contributed by atoms with Gasteiger partial charge in [-0.3, -0.25) is 9.29 Å². The molecular formula is C23H25N3O4S2. The Morgan fingerprint density at radius 3 is 2.53 bits per heavy atom. The first-order chi connectivity index (χ1) is 15.0. The van der Waals surface area contributed by atoms with E-state index in [1.165, 1.54) is 15.9 Å². The van der Waals surface area contributed by atoms with Crippen LogP contribution in [0, 0.1) is 6.92 Å². The van der Waals surface area contributed by atoms with Crippen molar-refractivity contribution in [1.82, 2.24) is 9.97 Å². The highest BCUT2D eigenvalue weighted by atomic mass is 32.2. The molecule has 0 bridgehead atoms. The van der Waals surface area contributed by atoms with Crippen molar-refractivity contribution in [3.63, 3.8) is 0 Å². The SMILES string of the molecule is Cc1ccc(CN(c2scnc2C(=O)OC(C)(C)C)S(=O)(=O)/C=C/c2cccnc2)cc1. The van der Waals surface area contributed by atoms with Crippen LogP contribution in [-0.4, -0.2) is 30.0 Å². The zero-order chi connectivity index (χ0) is 23.4. The van der Waals surface area contributed by atoms with E-state index in [4.69, 9.17) is 4.74 Å². The van der Waals surface area contributed by atoms with Crippen molar-refractivity contribution in [2.24, 2.45) is 0 Å². The van der Waals surface area contributed by atoms with Gasteiger partial charge in [-0.1, -0.05) is 35.9 Å². The number of hydrogen-bond acceptors (Lipinski definition) is 7. The summed E-state index contributed by atoms with van der Waals surface area (Å²) in [6.45, 7) is 7.23. The molecule has 0 aliphatic rings. The number of anilines is 1. The van der Waals surface area contributed by atoms with Gasteiger partial charge >= 0.3 is 5.97 Å². The summed E-state index contributed by atoms with van der Waals surface area (Å²) >= 11 is 1.07. The van der Waals surface area contributed by atoms with Gasteiger partial charge in [0.05, 0.1) is 17.5 Å². The number of nitrogens with zero attached hydrogens (tertiary/aromatic N) is 3. The number of ether oxygens (including phenoxy) is 1. The number of aryl methyl sites for hydroxylation is 1. The van der Waals surface area contributed by atoms with E-state index < -0.39 is 21.6 Å². The Balaban J connectivity index is 2.02. The molecule has 0 aliphatic heterocycles. The summed E-state index contributed by atoms with van der Waals surface area (Å²) in [6, 6.07) is 11.0. The highest BCUT2D eigenvalue weighted by molar-refractivity contribution is 7.95. The van der Waals surface area contributed by atoms with Gasteiger partial charge < -0.3 is 4.74 Å². The van der Waals surface area contributed by atoms with Crippen LogP contribution in [0.15, 0.2) is 59.7 Å². The van der Waals surface area contributed by atoms with Crippen LogP contribution in [-0.2, 0) is 21.3 Å². The van der Waals surface area contributed by atoms with Gasteiger partial charge in [-0.2, -0.15) is 0 Å². The number of esters is 1. The fourth-order valence-electron chi connectivity index (χ4n) is 2.73. The number of sulfonamides is 1. The van der Waals surface area contributed by atoms with Crippen LogP contribution in [0.1, 0.15) is 48.0 Å². The van der Waals surface area contributed by atoms with E-state index in [0.717, 1.165) is 27.9 Å². The lowest BCUT2D eigenvalue weighted by atomic mass is 10.1. The van der Waals surface area contributed by atoms with E-state index in [0.29, 0.717) is 5.56 Å². The first-order valence-corrected chi connectivity index (χ1v) is 12.3. The molecule has 7 nitrogen and oxygen atoms in total. The van der Waals surface area contributed by atoms with Crippen molar-refractivity contribution < 1.29 is 17.9 Å². The molecule has 9 heteroatoms. The molecule has 2 heterocycles. The summed E-state index contributed by atoms with van der Waals surface area (Å²) in [5.41, 5.74) is 3.15. The Labute approximate surface area is 192 Å². The van der Waals surface area contributed by atoms with Crippen LogP contribution < -0.4 is 4.31 Å². The van der Waals surface area contributed by atoms with Gasteiger partial charge in [0.25, 0.3) is 10.0 Å². The zero-order valence-electron chi connectivity index (χ0n) is 18.3. The summed E-state index contributed by atoms with van der Waals surface area (Å²) in [4.78, 5) is 20.8. The molecule has 2 aromatic heterocycles. The second-order valence-electron chi connectivity index (χ2n) is 8.13. The van der Waals surface area contributed by atoms with Crippen LogP contribution >= 0.6 is 11.3 Å². The number of aromatic nitrogens is 2. The molecule has 0 radical (unpaired) electrons. The minimum absolute atomic E-state index is 0.0320. The zero-order valence-corrected chi connectivity index (χ0v) is 20.0. The van der Waals surface area contributed by atoms with Gasteiger partial charge in [-0.05, 0) is 51.0 Å². The number of benzene rings is 1. The van der Waals surface area contributed by atoms with Crippen molar-refractivity contribution >= 4 is 38.4 Å². The molecule has 0 saturated heterocycles. The van der Waals surface area contributed by atoms with Crippen molar-refractivity contribution in [2.75, 3.05) is 4.31 Å². The maximum atomic E-state index is 13.4. The summed E-state index contributed by atoms with van der Waals surface area (Å²) in [7, 11) is -3.96. The molecule has 0 N–H and O–H groups in total. The summed E-state index contributed by atoms with van der Waals surface area (Å²) in [6.07, 6.45) is 4.65. The van der Waals surface area contributed by atoms with E-state index >= 15 is 0 Å². The minimum Gasteiger partial charge on any atom is -0.455 e. The van der Waals surface area contributed by atoms with Gasteiger partial charge in [0, 0.05) is 12.4 Å². The van der Waals surface area contributed by atoms with Crippen molar-refractivity contribution in [3.05, 3.63) is 82.1 Å². The fourth-order valence-corrected chi connectivity index (χ4v) is 4.98. The van der Waals surface area contributed by atoms with Gasteiger partial charge in [0.1, 0.15) is 10.6 Å². The molecule has 0 saturated carbocycles. The molecule has 0 fully saturated rings. The van der Waals surface area contributed by atoms with Crippen molar-refractivity contribution in [2.45, 2.75) is 39.8 Å². The minimum atomic E-state index is -3.96. The monoisotopic (exact) mass is 471 g/mol. The van der Waals surface area contributed by atoms with E-state index in [1.54, 1.807) is 45.3 Å². The lowest BCUT2D eigenvalue weighted by Crippen LogP contribution is -2.31. The van der Waals surface area contributed by atoms with Gasteiger partial charge in [0.15, 0.2) is 5.69 Å². The number of pyridine rings is 1. The first kappa shape index (κ1) is 23.6. The molecule has 0 spiro atoms. The quantitative estimate of drug-likeness (QED) is 0.460. The number of carbonyl (C=O) groups is 1. The Morgan fingerprint density at radius 2 is 1.91 bits per heavy atom. The number of carbonyl (C=O) groups excluding carboxylic acids is 1. The predicted octanol–water partition coefficient (Wildman–Crippen LogP) is 4.81. The number of rotatable bonds is 7. The van der Waals surface area contributed by atoms with Crippen molar-refractivity contribution in [1.29, 1.82) is 0 Å². The Kier molecular flexibility index (Phi) is 7.10. The lowest BCUT2D eigenvalue weighted by molar-refractivity contribution is 0.00646. The molecule has 32 heavy (non-hydrogen) atoms. The summed E-state index contributed by atoms with van der Waals surface area (Å²) < 4.78 is 33.4. The Bertz CT molecular complexity index is 1200. The average molecular weight is 472 g/mol. The smallest absolute Gasteiger partial charge is 0.360 e. The fraction of sp³-hybridized carbons (Fsp3) is 0.261. The average Bonchev–Trinajstić information content (AvgIpc) is 3.21. The molecule has 1 aromatic carbocycles. The predicted molar refractivity (Wildman–Crippen MR) is 127 cm³/mol. The maximum Gasteiger partial charge on any atom is 0.360 e. The van der Waals surface area contributed by atoms with Crippen LogP contribution in [0.4, 0.5) is 5.00 Å². The molecule has 0 aliphatic carbocycles. The molecule has 0 amide bonds. The van der Waals surface area contributed by atoms with Crippen molar-refractivity contribution in [3.8, 4) is 0 Å². The summed E-state index contributed by atoms with van der Waals surface area (Å²) in [5.74, 6) is -0.672. The van der Waals surface area contributed by atoms with Crippen LogP contribution in [0.25, 0.3) is 6.08 Å². The van der Waals surface area contributed by atoms with E-state index in [1.807, 2.05) is 31.2 Å². The highest BCUT2D eigenvalue weighted by Crippen LogP contribution is 2.31. The van der Waals surface area contributed by atoms with Crippen LogP contribution in [0.5, 0.6) is 0 Å². The van der Waals surface area contributed by atoms with E-state index in [-0.39, 0.29) is 17.2 Å². The third kappa shape index (κ3) is 6.24. The van der Waals surface area contributed by atoms with E-state index in [9.17, 15) is 13.2 Å². The maximum absolute atomic E-state index is 13.4. The highest BCUT2D eigenvalue weighted by Gasteiger charge is 2.30. The third-order valence-electron chi connectivity index (χ3n) is 4.24. The number of hydrogen-bond donors (Lipinski definition) is 0. The molecular weight excluding hydrogens is 446 g/mol. The second kappa shape index (κ2) is 9.62. The molecule has 168 valence electrons. The third-order valence-corrected chi connectivity index (χ3v) is 6.61.